The van der Waals surface area contributed by atoms with Gasteiger partial charge in [-0.15, -0.1) is 0 Å². The van der Waals surface area contributed by atoms with Crippen LogP contribution in [0.25, 0.3) is 0 Å². The number of rotatable bonds is 15. The molecule has 10 heteroatoms. The molecule has 0 unspecified atom stereocenters. The molecule has 3 rings (SSSR count). The zero-order chi connectivity index (χ0) is 29.8. The van der Waals surface area contributed by atoms with Crippen LogP contribution in [-0.4, -0.2) is 45.1 Å². The summed E-state index contributed by atoms with van der Waals surface area (Å²) in [5.41, 5.74) is -0.409. The van der Waals surface area contributed by atoms with E-state index in [-0.39, 0.29) is 24.6 Å². The molecule has 0 spiro atoms. The van der Waals surface area contributed by atoms with Crippen LogP contribution in [0.3, 0.4) is 0 Å². The normalized spacial score (nSPS) is 14.0. The first kappa shape index (κ1) is 31.8. The molecule has 1 heterocycles. The summed E-state index contributed by atoms with van der Waals surface area (Å²) in [5, 5.41) is 4.52. The number of allylic oxidation sites excluding steroid dienone is 1. The lowest BCUT2D eigenvalue weighted by Crippen LogP contribution is -2.43. The van der Waals surface area contributed by atoms with Gasteiger partial charge in [-0.05, 0) is 77.5 Å². The second-order valence-electron chi connectivity index (χ2n) is 10.7. The van der Waals surface area contributed by atoms with Crippen molar-refractivity contribution in [2.24, 2.45) is 0 Å². The molecule has 1 fully saturated rings. The maximum atomic E-state index is 13.2. The number of unbranched alkanes of at least 4 members (excludes halogenated alkanes) is 2. The number of aromatic nitrogens is 3. The molecule has 41 heavy (non-hydrogen) atoms. The van der Waals surface area contributed by atoms with Crippen LogP contribution in [0.15, 0.2) is 46.0 Å². The third-order valence-corrected chi connectivity index (χ3v) is 7.09. The fourth-order valence-electron chi connectivity index (χ4n) is 4.96. The molecular formula is C31H43N3O7. The number of ether oxygens (including phenoxy) is 3. The summed E-state index contributed by atoms with van der Waals surface area (Å²) < 4.78 is 18.5. The Bertz CT molecular complexity index is 1320. The Morgan fingerprint density at radius 1 is 1.05 bits per heavy atom. The van der Waals surface area contributed by atoms with Crippen LogP contribution in [0.1, 0.15) is 89.8 Å². The van der Waals surface area contributed by atoms with Crippen molar-refractivity contribution in [2.45, 2.75) is 104 Å². The van der Waals surface area contributed by atoms with Crippen molar-refractivity contribution in [3.63, 3.8) is 0 Å². The molecule has 1 aliphatic carbocycles. The van der Waals surface area contributed by atoms with E-state index < -0.39 is 23.2 Å². The Labute approximate surface area is 241 Å². The average Bonchev–Trinajstić information content (AvgIpc) is 3.46. The summed E-state index contributed by atoms with van der Waals surface area (Å²) in [6.45, 7) is 7.79. The molecule has 10 nitrogen and oxygen atoms in total. The minimum atomic E-state index is -1.09. The van der Waals surface area contributed by atoms with E-state index >= 15 is 0 Å². The van der Waals surface area contributed by atoms with Crippen molar-refractivity contribution in [2.75, 3.05) is 13.2 Å². The highest BCUT2D eigenvalue weighted by molar-refractivity contribution is 5.81. The number of nitrogens with zero attached hydrogens (tertiary/aromatic N) is 3. The largest absolute Gasteiger partial charge is 0.476 e. The molecule has 0 atom stereocenters. The van der Waals surface area contributed by atoms with Gasteiger partial charge in [0, 0.05) is 25.1 Å². The van der Waals surface area contributed by atoms with Crippen molar-refractivity contribution in [1.82, 2.24) is 14.3 Å². The second kappa shape index (κ2) is 15.3. The van der Waals surface area contributed by atoms with Crippen LogP contribution in [0.4, 0.5) is 0 Å². The number of hydrogen-bond acceptors (Lipinski definition) is 8. The first-order valence-corrected chi connectivity index (χ1v) is 14.7. The SMILES string of the molecule is CCOC(=O)/C=C/Cn1c(=O)c(C2CCCC2)nn(CCCCCc2cccc(OC(C)(C)C(=O)OCC)c2)c1=O. The molecule has 1 aliphatic rings. The predicted molar refractivity (Wildman–Crippen MR) is 155 cm³/mol. The predicted octanol–water partition coefficient (Wildman–Crippen LogP) is 4.32. The number of benzene rings is 1. The number of carbonyl (C=O) groups is 2. The highest BCUT2D eigenvalue weighted by Gasteiger charge is 2.31. The lowest BCUT2D eigenvalue weighted by atomic mass is 10.0. The Kier molecular flexibility index (Phi) is 11.9. The monoisotopic (exact) mass is 569 g/mol. The first-order valence-electron chi connectivity index (χ1n) is 14.7. The van der Waals surface area contributed by atoms with E-state index in [0.717, 1.165) is 56.9 Å². The lowest BCUT2D eigenvalue weighted by Gasteiger charge is -2.24. The van der Waals surface area contributed by atoms with E-state index in [1.54, 1.807) is 27.7 Å². The molecule has 1 aromatic carbocycles. The van der Waals surface area contributed by atoms with E-state index in [4.69, 9.17) is 14.2 Å². The fraction of sp³-hybridized carbons (Fsp3) is 0.581. The zero-order valence-corrected chi connectivity index (χ0v) is 24.7. The molecule has 224 valence electrons. The summed E-state index contributed by atoms with van der Waals surface area (Å²) in [6, 6.07) is 7.67. The Morgan fingerprint density at radius 2 is 1.78 bits per heavy atom. The Balaban J connectivity index is 1.62. The van der Waals surface area contributed by atoms with Crippen LogP contribution < -0.4 is 16.0 Å². The van der Waals surface area contributed by atoms with Crippen LogP contribution in [0.2, 0.25) is 0 Å². The molecule has 1 aromatic heterocycles. The minimum Gasteiger partial charge on any atom is -0.476 e. The van der Waals surface area contributed by atoms with Gasteiger partial charge in [0.1, 0.15) is 11.4 Å². The van der Waals surface area contributed by atoms with Crippen molar-refractivity contribution in [3.05, 3.63) is 68.5 Å². The van der Waals surface area contributed by atoms with Crippen LogP contribution >= 0.6 is 0 Å². The van der Waals surface area contributed by atoms with Crippen LogP contribution in [-0.2, 0) is 38.6 Å². The van der Waals surface area contributed by atoms with E-state index in [0.29, 0.717) is 24.6 Å². The van der Waals surface area contributed by atoms with E-state index in [9.17, 15) is 19.2 Å². The van der Waals surface area contributed by atoms with E-state index in [1.165, 1.54) is 21.4 Å². The third kappa shape index (κ3) is 9.16. The molecule has 0 radical (unpaired) electrons. The van der Waals surface area contributed by atoms with Gasteiger partial charge in [0.05, 0.1) is 13.2 Å². The van der Waals surface area contributed by atoms with Gasteiger partial charge in [-0.3, -0.25) is 9.36 Å². The molecule has 2 aromatic rings. The van der Waals surface area contributed by atoms with Gasteiger partial charge in [-0.1, -0.05) is 37.5 Å². The van der Waals surface area contributed by atoms with E-state index in [2.05, 4.69) is 5.10 Å². The molecule has 0 aliphatic heterocycles. The second-order valence-corrected chi connectivity index (χ2v) is 10.7. The van der Waals surface area contributed by atoms with Gasteiger partial charge in [0.15, 0.2) is 5.60 Å². The number of carbonyl (C=O) groups excluding carboxylic acids is 2. The van der Waals surface area contributed by atoms with E-state index in [1.807, 2.05) is 24.3 Å². The standard InChI is InChI=1S/C31H43N3O7/c1-5-39-26(35)19-13-20-33-28(36)27(24-16-9-10-17-24)32-34(30(33)38)21-11-7-8-14-23-15-12-18-25(22-23)41-31(3,4)29(37)40-6-2/h12-13,15,18-19,22,24H,5-11,14,16-17,20-21H2,1-4H3/b19-13+. The van der Waals surface area contributed by atoms with Gasteiger partial charge in [0.25, 0.3) is 5.56 Å². The number of hydrogen-bond donors (Lipinski definition) is 0. The lowest BCUT2D eigenvalue weighted by molar-refractivity contribution is -0.158. The van der Waals surface area contributed by atoms with Gasteiger partial charge < -0.3 is 14.2 Å². The number of esters is 2. The number of aryl methyl sites for hydroxylation is 2. The highest BCUT2D eigenvalue weighted by atomic mass is 16.6. The fourth-order valence-corrected chi connectivity index (χ4v) is 4.96. The summed E-state index contributed by atoms with van der Waals surface area (Å²) in [6.07, 6.45) is 9.86. The summed E-state index contributed by atoms with van der Waals surface area (Å²) in [5.74, 6) is -0.259. The molecule has 0 amide bonds. The van der Waals surface area contributed by atoms with Gasteiger partial charge >= 0.3 is 17.6 Å². The Morgan fingerprint density at radius 3 is 2.49 bits per heavy atom. The smallest absolute Gasteiger partial charge is 0.349 e. The van der Waals surface area contributed by atoms with Crippen molar-refractivity contribution >= 4 is 11.9 Å². The third-order valence-electron chi connectivity index (χ3n) is 7.09. The molecule has 1 saturated carbocycles. The quantitative estimate of drug-likeness (QED) is 0.177. The zero-order valence-electron chi connectivity index (χ0n) is 24.7. The summed E-state index contributed by atoms with van der Waals surface area (Å²) in [7, 11) is 0. The maximum Gasteiger partial charge on any atom is 0.349 e. The Hall–Kier alpha value is -3.69. The average molecular weight is 570 g/mol. The van der Waals surface area contributed by atoms with Gasteiger partial charge in [0.2, 0.25) is 0 Å². The van der Waals surface area contributed by atoms with Crippen LogP contribution in [0.5, 0.6) is 5.75 Å². The molecule has 0 N–H and O–H groups in total. The van der Waals surface area contributed by atoms with Gasteiger partial charge in [-0.2, -0.15) is 5.10 Å². The highest BCUT2D eigenvalue weighted by Crippen LogP contribution is 2.31. The van der Waals surface area contributed by atoms with Crippen molar-refractivity contribution in [3.8, 4) is 5.75 Å². The molecule has 0 bridgehead atoms. The first-order chi connectivity index (χ1) is 19.7. The maximum absolute atomic E-state index is 13.2. The molecular weight excluding hydrogens is 526 g/mol. The molecule has 0 saturated heterocycles. The van der Waals surface area contributed by atoms with Crippen LogP contribution in [0, 0.1) is 0 Å². The van der Waals surface area contributed by atoms with Crippen molar-refractivity contribution < 1.29 is 23.8 Å². The van der Waals surface area contributed by atoms with Crippen molar-refractivity contribution in [1.29, 1.82) is 0 Å². The summed E-state index contributed by atoms with van der Waals surface area (Å²) >= 11 is 0. The van der Waals surface area contributed by atoms with Gasteiger partial charge in [-0.25, -0.2) is 19.1 Å². The summed E-state index contributed by atoms with van der Waals surface area (Å²) in [4.78, 5) is 50.1. The minimum absolute atomic E-state index is 0.00982. The topological polar surface area (TPSA) is 119 Å².